The summed E-state index contributed by atoms with van der Waals surface area (Å²) < 4.78 is 7.68. The summed E-state index contributed by atoms with van der Waals surface area (Å²) in [6.07, 6.45) is 7.83. The summed E-state index contributed by atoms with van der Waals surface area (Å²) in [6.45, 7) is 2.66. The van der Waals surface area contributed by atoms with Crippen LogP contribution in [0.5, 0.6) is 0 Å². The van der Waals surface area contributed by atoms with Crippen molar-refractivity contribution in [1.82, 2.24) is 0 Å². The van der Waals surface area contributed by atoms with Crippen LogP contribution in [0.25, 0.3) is 0 Å². The van der Waals surface area contributed by atoms with E-state index in [1.165, 1.54) is 32.1 Å². The lowest BCUT2D eigenvalue weighted by atomic mass is 10.1. The van der Waals surface area contributed by atoms with Crippen molar-refractivity contribution in [3.05, 3.63) is 0 Å². The number of amides is 1. The van der Waals surface area contributed by atoms with Gasteiger partial charge in [0, 0.05) is 12.4 Å². The van der Waals surface area contributed by atoms with Gasteiger partial charge in [0.05, 0.1) is 6.61 Å². The maximum atomic E-state index is 10.5. The highest BCUT2D eigenvalue weighted by atomic mass is 32.1. The van der Waals surface area contributed by atoms with Gasteiger partial charge in [-0.25, -0.2) is 4.79 Å². The van der Waals surface area contributed by atoms with Gasteiger partial charge in [-0.3, -0.25) is 0 Å². The van der Waals surface area contributed by atoms with Gasteiger partial charge in [0.1, 0.15) is 0 Å². The first-order valence-electron chi connectivity index (χ1n) is 5.31. The van der Waals surface area contributed by atoms with Crippen LogP contribution < -0.4 is 0 Å². The Kier molecular flexibility index (Phi) is 10.2. The molecule has 14 heavy (non-hydrogen) atoms. The van der Waals surface area contributed by atoms with Crippen molar-refractivity contribution in [3.8, 4) is 0 Å². The fourth-order valence-corrected chi connectivity index (χ4v) is 1.30. The molecule has 3 nitrogen and oxygen atoms in total. The van der Waals surface area contributed by atoms with Crippen LogP contribution >= 0.6 is 0 Å². The molecular weight excluding hydrogens is 198 g/mol. The van der Waals surface area contributed by atoms with E-state index >= 15 is 0 Å². The maximum Gasteiger partial charge on any atom is 0.445 e. The molecule has 0 aromatic heterocycles. The molecule has 0 fully saturated rings. The Morgan fingerprint density at radius 2 is 1.71 bits per heavy atom. The van der Waals surface area contributed by atoms with Crippen LogP contribution in [0.3, 0.4) is 0 Å². The molecule has 0 rings (SSSR count). The summed E-state index contributed by atoms with van der Waals surface area (Å²) in [5, 5.41) is 0. The first-order chi connectivity index (χ1) is 6.81. The standard InChI is InChI=1S/C10H19NO2S/c1-2-3-4-5-6-7-8-9-13-10(12)11-14/h2-9H2,1H3. The quantitative estimate of drug-likeness (QED) is 0.583. The van der Waals surface area contributed by atoms with Crippen molar-refractivity contribution >= 4 is 18.5 Å². The van der Waals surface area contributed by atoms with Crippen LogP contribution in [-0.2, 0) is 17.2 Å². The van der Waals surface area contributed by atoms with Crippen LogP contribution in [0.4, 0.5) is 4.79 Å². The number of unbranched alkanes of at least 4 members (excludes halogenated alkanes) is 6. The topological polar surface area (TPSA) is 38.7 Å². The minimum Gasteiger partial charge on any atom is -0.447 e. The van der Waals surface area contributed by atoms with Crippen molar-refractivity contribution in [2.45, 2.75) is 51.9 Å². The summed E-state index contributed by atoms with van der Waals surface area (Å²) in [4.78, 5) is 10.5. The van der Waals surface area contributed by atoms with E-state index in [-0.39, 0.29) is 0 Å². The first kappa shape index (κ1) is 13.5. The van der Waals surface area contributed by atoms with Gasteiger partial charge < -0.3 is 4.74 Å². The van der Waals surface area contributed by atoms with E-state index in [0.717, 1.165) is 12.8 Å². The minimum atomic E-state index is -0.633. The van der Waals surface area contributed by atoms with E-state index in [4.69, 9.17) is 4.74 Å². The van der Waals surface area contributed by atoms with E-state index in [2.05, 4.69) is 23.7 Å². The van der Waals surface area contributed by atoms with Gasteiger partial charge in [0.2, 0.25) is 0 Å². The minimum absolute atomic E-state index is 0.451. The number of nitrogens with zero attached hydrogens (tertiary/aromatic N) is 1. The van der Waals surface area contributed by atoms with Crippen molar-refractivity contribution in [2.75, 3.05) is 6.61 Å². The van der Waals surface area contributed by atoms with E-state index in [1.54, 1.807) is 0 Å². The summed E-state index contributed by atoms with van der Waals surface area (Å²) in [7, 11) is 0. The van der Waals surface area contributed by atoms with Crippen LogP contribution in [-0.4, -0.2) is 12.7 Å². The normalized spacial score (nSPS) is 9.79. The van der Waals surface area contributed by atoms with Crippen LogP contribution in [0.1, 0.15) is 51.9 Å². The molecule has 0 radical (unpaired) electrons. The van der Waals surface area contributed by atoms with Gasteiger partial charge in [0.15, 0.2) is 0 Å². The molecule has 0 aliphatic rings. The molecule has 0 spiro atoms. The van der Waals surface area contributed by atoms with Gasteiger partial charge in [-0.15, -0.1) is 4.36 Å². The molecule has 0 heterocycles. The highest BCUT2D eigenvalue weighted by Gasteiger charge is 1.96. The van der Waals surface area contributed by atoms with E-state index in [1.807, 2.05) is 0 Å². The molecular formula is C10H19NO2S. The van der Waals surface area contributed by atoms with Gasteiger partial charge in [-0.2, -0.15) is 0 Å². The Morgan fingerprint density at radius 1 is 1.14 bits per heavy atom. The van der Waals surface area contributed by atoms with Crippen molar-refractivity contribution in [1.29, 1.82) is 0 Å². The summed E-state index contributed by atoms with van der Waals surface area (Å²) in [5.74, 6) is 0. The number of hydrogen-bond acceptors (Lipinski definition) is 3. The number of rotatable bonds is 8. The zero-order chi connectivity index (χ0) is 10.6. The monoisotopic (exact) mass is 217 g/mol. The SMILES string of the molecule is CCCCCCCCCOC(=O)N=S. The third-order valence-electron chi connectivity index (χ3n) is 2.05. The first-order valence-corrected chi connectivity index (χ1v) is 5.68. The second-order valence-corrected chi connectivity index (χ2v) is 3.51. The van der Waals surface area contributed by atoms with E-state index in [0.29, 0.717) is 6.61 Å². The van der Waals surface area contributed by atoms with Gasteiger partial charge in [-0.1, -0.05) is 45.4 Å². The van der Waals surface area contributed by atoms with E-state index < -0.39 is 6.09 Å². The molecule has 0 aromatic carbocycles. The molecule has 0 aliphatic heterocycles. The molecule has 1 amide bonds. The summed E-state index contributed by atoms with van der Waals surface area (Å²) >= 11 is 4.17. The Bertz CT molecular complexity index is 162. The fourth-order valence-electron chi connectivity index (χ4n) is 1.25. The number of hydrogen-bond donors (Lipinski definition) is 0. The van der Waals surface area contributed by atoms with Gasteiger partial charge in [-0.05, 0) is 6.42 Å². The molecule has 0 N–H and O–H groups in total. The molecule has 0 unspecified atom stereocenters. The predicted molar refractivity (Wildman–Crippen MR) is 59.1 cm³/mol. The smallest absolute Gasteiger partial charge is 0.445 e. The molecule has 4 heteroatoms. The molecule has 0 bridgehead atoms. The molecule has 0 saturated heterocycles. The molecule has 0 saturated carbocycles. The lowest BCUT2D eigenvalue weighted by molar-refractivity contribution is 0.155. The molecule has 0 aromatic rings. The van der Waals surface area contributed by atoms with Gasteiger partial charge >= 0.3 is 6.09 Å². The van der Waals surface area contributed by atoms with Crippen molar-refractivity contribution < 1.29 is 9.53 Å². The van der Waals surface area contributed by atoms with Gasteiger partial charge in [0.25, 0.3) is 0 Å². The highest BCUT2D eigenvalue weighted by molar-refractivity contribution is 7.47. The van der Waals surface area contributed by atoms with Crippen LogP contribution in [0.2, 0.25) is 0 Å². The van der Waals surface area contributed by atoms with Crippen molar-refractivity contribution in [3.63, 3.8) is 0 Å². The largest absolute Gasteiger partial charge is 0.447 e. The highest BCUT2D eigenvalue weighted by Crippen LogP contribution is 2.06. The van der Waals surface area contributed by atoms with Crippen LogP contribution in [0, 0.1) is 0 Å². The Hall–Kier alpha value is -0.510. The third kappa shape index (κ3) is 9.58. The molecule has 82 valence electrons. The second-order valence-electron chi connectivity index (χ2n) is 3.33. The maximum absolute atomic E-state index is 10.5. The zero-order valence-electron chi connectivity index (χ0n) is 8.83. The number of carbonyl (C=O) groups is 1. The summed E-state index contributed by atoms with van der Waals surface area (Å²) in [5.41, 5.74) is 0. The fraction of sp³-hybridized carbons (Fsp3) is 0.900. The van der Waals surface area contributed by atoms with Crippen LogP contribution in [0.15, 0.2) is 4.36 Å². The lowest BCUT2D eigenvalue weighted by Gasteiger charge is -2.01. The second kappa shape index (κ2) is 10.6. The van der Waals surface area contributed by atoms with Crippen molar-refractivity contribution in [2.24, 2.45) is 4.36 Å². The third-order valence-corrected chi connectivity index (χ3v) is 2.20. The Balaban J connectivity index is 2.99. The number of carbonyl (C=O) groups excluding carboxylic acids is 1. The average Bonchev–Trinajstić information content (AvgIpc) is 2.21. The lowest BCUT2D eigenvalue weighted by Crippen LogP contribution is -1.99. The average molecular weight is 217 g/mol. The number of ether oxygens (including phenoxy) is 1. The van der Waals surface area contributed by atoms with E-state index in [9.17, 15) is 4.79 Å². The molecule has 0 aliphatic carbocycles. The summed E-state index contributed by atoms with van der Waals surface area (Å²) in [6, 6.07) is 0. The zero-order valence-corrected chi connectivity index (χ0v) is 9.65. The Morgan fingerprint density at radius 3 is 2.29 bits per heavy atom. The Labute approximate surface area is 91.4 Å². The molecule has 0 atom stereocenters. The predicted octanol–water partition coefficient (Wildman–Crippen LogP) is 3.60.